The third-order valence-corrected chi connectivity index (χ3v) is 6.85. The minimum Gasteiger partial charge on any atom is -0.370 e. The molecule has 0 bridgehead atoms. The van der Waals surface area contributed by atoms with Crippen molar-refractivity contribution in [2.45, 2.75) is 40.5 Å². The Morgan fingerprint density at radius 3 is 2.00 bits per heavy atom. The maximum absolute atomic E-state index is 5.94. The van der Waals surface area contributed by atoms with E-state index >= 15 is 0 Å². The van der Waals surface area contributed by atoms with Gasteiger partial charge in [-0.25, -0.2) is 0 Å². The van der Waals surface area contributed by atoms with Crippen LogP contribution in [-0.4, -0.2) is 28.6 Å². The molecule has 1 aromatic heterocycles. The lowest BCUT2D eigenvalue weighted by atomic mass is 10.3. The summed E-state index contributed by atoms with van der Waals surface area (Å²) >= 11 is 1.77. The molecule has 0 spiro atoms. The lowest BCUT2D eigenvalue weighted by Crippen LogP contribution is -2.57. The zero-order chi connectivity index (χ0) is 13.4. The number of hydrogen-bond acceptors (Lipinski definition) is 4. The van der Waals surface area contributed by atoms with Gasteiger partial charge >= 0.3 is 8.80 Å². The van der Waals surface area contributed by atoms with Crippen LogP contribution in [-0.2, 0) is 19.7 Å². The van der Waals surface area contributed by atoms with Crippen LogP contribution in [0.25, 0.3) is 0 Å². The molecule has 0 aliphatic heterocycles. The molecule has 1 heterocycles. The van der Waals surface area contributed by atoms with Gasteiger partial charge < -0.3 is 13.3 Å². The van der Waals surface area contributed by atoms with Gasteiger partial charge in [-0.15, -0.1) is 11.3 Å². The van der Waals surface area contributed by atoms with Gasteiger partial charge in [0.2, 0.25) is 0 Å². The Hall–Kier alpha value is -0.203. The molecule has 18 heavy (non-hydrogen) atoms. The van der Waals surface area contributed by atoms with Crippen LogP contribution in [0.1, 0.15) is 39.0 Å². The second-order valence-corrected chi connectivity index (χ2v) is 7.38. The molecule has 0 fully saturated rings. The van der Waals surface area contributed by atoms with Crippen molar-refractivity contribution in [3.8, 4) is 0 Å². The van der Waals surface area contributed by atoms with Gasteiger partial charge in [-0.3, -0.25) is 0 Å². The third-order valence-electron chi connectivity index (χ3n) is 2.56. The van der Waals surface area contributed by atoms with Crippen molar-refractivity contribution >= 4 is 25.3 Å². The monoisotopic (exact) mass is 288 g/mol. The average molecular weight is 288 g/mol. The maximum atomic E-state index is 5.94. The zero-order valence-corrected chi connectivity index (χ0v) is 13.6. The minimum absolute atomic E-state index is 0.619. The van der Waals surface area contributed by atoms with Gasteiger partial charge in [0.05, 0.1) is 0 Å². The molecule has 0 saturated carbocycles. The van der Waals surface area contributed by atoms with Crippen molar-refractivity contribution in [3.05, 3.63) is 16.3 Å². The fraction of sp³-hybridized carbons (Fsp3) is 0.692. The molecule has 1 rings (SSSR count). The molecule has 0 aromatic carbocycles. The fourth-order valence-corrected chi connectivity index (χ4v) is 6.13. The van der Waals surface area contributed by atoms with Crippen LogP contribution < -0.4 is 5.19 Å². The van der Waals surface area contributed by atoms with Crippen LogP contribution in [0.4, 0.5) is 0 Å². The van der Waals surface area contributed by atoms with Gasteiger partial charge in [0.15, 0.2) is 0 Å². The summed E-state index contributed by atoms with van der Waals surface area (Å²) in [6, 6.07) is 2.11. The van der Waals surface area contributed by atoms with E-state index in [2.05, 4.69) is 18.4 Å². The van der Waals surface area contributed by atoms with Gasteiger partial charge in [0.25, 0.3) is 0 Å². The Morgan fingerprint density at radius 1 is 1.00 bits per heavy atom. The number of hydrogen-bond donors (Lipinski definition) is 0. The molecule has 0 N–H and O–H groups in total. The van der Waals surface area contributed by atoms with E-state index in [9.17, 15) is 0 Å². The Balaban J connectivity index is 3.08. The molecule has 5 heteroatoms. The summed E-state index contributed by atoms with van der Waals surface area (Å²) in [5, 5.41) is 3.28. The molecular weight excluding hydrogens is 264 g/mol. The zero-order valence-electron chi connectivity index (χ0n) is 11.8. The number of aryl methyl sites for hydroxylation is 1. The van der Waals surface area contributed by atoms with E-state index in [1.54, 1.807) is 11.3 Å². The average Bonchev–Trinajstić information content (AvgIpc) is 2.79. The van der Waals surface area contributed by atoms with E-state index in [0.717, 1.165) is 12.8 Å². The van der Waals surface area contributed by atoms with Crippen LogP contribution in [0.2, 0.25) is 0 Å². The minimum atomic E-state index is -2.69. The SMILES string of the molecule is CCCc1sccc1[Si](OCC)(OCC)OCC. The molecule has 104 valence electrons. The molecule has 0 saturated heterocycles. The topological polar surface area (TPSA) is 27.7 Å². The van der Waals surface area contributed by atoms with E-state index in [1.807, 2.05) is 20.8 Å². The Bertz CT molecular complexity index is 324. The second kappa shape index (κ2) is 8.07. The van der Waals surface area contributed by atoms with Crippen molar-refractivity contribution in [1.29, 1.82) is 0 Å². The van der Waals surface area contributed by atoms with Crippen molar-refractivity contribution in [3.63, 3.8) is 0 Å². The Labute approximate surface area is 115 Å². The molecule has 0 aliphatic carbocycles. The predicted molar refractivity (Wildman–Crippen MR) is 78.6 cm³/mol. The molecular formula is C13H24O3SSi. The third kappa shape index (κ3) is 3.65. The van der Waals surface area contributed by atoms with Gasteiger partial charge in [-0.1, -0.05) is 13.3 Å². The molecule has 0 amide bonds. The highest BCUT2D eigenvalue weighted by atomic mass is 32.1. The predicted octanol–water partition coefficient (Wildman–Crippen LogP) is 2.96. The highest BCUT2D eigenvalue weighted by molar-refractivity contribution is 7.11. The maximum Gasteiger partial charge on any atom is 0.538 e. The van der Waals surface area contributed by atoms with Crippen LogP contribution in [0.15, 0.2) is 11.4 Å². The quantitative estimate of drug-likeness (QED) is 0.654. The number of rotatable bonds is 9. The fourth-order valence-electron chi connectivity index (χ4n) is 1.96. The summed E-state index contributed by atoms with van der Waals surface area (Å²) in [5.41, 5.74) is 0. The Kier molecular flexibility index (Phi) is 7.10. The standard InChI is InChI=1S/C13H24O3SSi/c1-5-9-12-13(10-11-17-12)18(14-6-2,15-7-3)16-8-4/h10-11H,5-9H2,1-4H3. The molecule has 0 atom stereocenters. The van der Waals surface area contributed by atoms with E-state index in [4.69, 9.17) is 13.3 Å². The summed E-state index contributed by atoms with van der Waals surface area (Å²) in [4.78, 5) is 1.35. The van der Waals surface area contributed by atoms with Crippen molar-refractivity contribution in [2.24, 2.45) is 0 Å². The summed E-state index contributed by atoms with van der Waals surface area (Å²) in [5.74, 6) is 0. The number of thiophene rings is 1. The van der Waals surface area contributed by atoms with E-state index in [-0.39, 0.29) is 0 Å². The molecule has 0 aliphatic rings. The first kappa shape index (κ1) is 15.9. The lowest BCUT2D eigenvalue weighted by molar-refractivity contribution is 0.0858. The van der Waals surface area contributed by atoms with E-state index in [1.165, 1.54) is 10.1 Å². The highest BCUT2D eigenvalue weighted by Gasteiger charge is 2.45. The summed E-state index contributed by atoms with van der Waals surface area (Å²) in [6.07, 6.45) is 2.19. The van der Waals surface area contributed by atoms with Crippen LogP contribution >= 0.6 is 11.3 Å². The van der Waals surface area contributed by atoms with Crippen molar-refractivity contribution in [1.82, 2.24) is 0 Å². The van der Waals surface area contributed by atoms with Gasteiger partial charge in [0.1, 0.15) is 0 Å². The summed E-state index contributed by atoms with van der Waals surface area (Å²) in [6.45, 7) is 10.0. The van der Waals surface area contributed by atoms with Crippen molar-refractivity contribution < 1.29 is 13.3 Å². The van der Waals surface area contributed by atoms with Gasteiger partial charge in [-0.05, 0) is 38.6 Å². The smallest absolute Gasteiger partial charge is 0.370 e. The normalized spacial score (nSPS) is 12.0. The summed E-state index contributed by atoms with van der Waals surface area (Å²) < 4.78 is 17.8. The van der Waals surface area contributed by atoms with Crippen LogP contribution in [0, 0.1) is 0 Å². The first-order valence-electron chi connectivity index (χ1n) is 6.72. The van der Waals surface area contributed by atoms with E-state index < -0.39 is 8.80 Å². The first-order valence-corrected chi connectivity index (χ1v) is 9.33. The van der Waals surface area contributed by atoms with Gasteiger partial charge in [0, 0.05) is 29.9 Å². The van der Waals surface area contributed by atoms with Crippen molar-refractivity contribution in [2.75, 3.05) is 19.8 Å². The lowest BCUT2D eigenvalue weighted by Gasteiger charge is -2.28. The molecule has 1 aromatic rings. The molecule has 3 nitrogen and oxygen atoms in total. The summed E-state index contributed by atoms with van der Waals surface area (Å²) in [7, 11) is -2.69. The molecule has 0 radical (unpaired) electrons. The van der Waals surface area contributed by atoms with Gasteiger partial charge in [-0.2, -0.15) is 0 Å². The highest BCUT2D eigenvalue weighted by Crippen LogP contribution is 2.18. The van der Waals surface area contributed by atoms with Crippen LogP contribution in [0.3, 0.4) is 0 Å². The molecule has 0 unspecified atom stereocenters. The largest absolute Gasteiger partial charge is 0.538 e. The first-order chi connectivity index (χ1) is 8.74. The second-order valence-electron chi connectivity index (χ2n) is 3.86. The van der Waals surface area contributed by atoms with E-state index in [0.29, 0.717) is 19.8 Å². The Morgan fingerprint density at radius 2 is 1.56 bits per heavy atom. The van der Waals surface area contributed by atoms with Crippen LogP contribution in [0.5, 0.6) is 0 Å².